The van der Waals surface area contributed by atoms with Crippen LogP contribution in [-0.2, 0) is 0 Å². The molecule has 0 unspecified atom stereocenters. The topological polar surface area (TPSA) is 105 Å². The summed E-state index contributed by atoms with van der Waals surface area (Å²) in [6.07, 6.45) is 3.32. The van der Waals surface area contributed by atoms with Gasteiger partial charge in [0.05, 0.1) is 23.8 Å². The summed E-state index contributed by atoms with van der Waals surface area (Å²) in [6, 6.07) is 10.5. The Bertz CT molecular complexity index is 1130. The van der Waals surface area contributed by atoms with Gasteiger partial charge < -0.3 is 10.2 Å². The van der Waals surface area contributed by atoms with Crippen LogP contribution in [0, 0.1) is 6.92 Å². The van der Waals surface area contributed by atoms with E-state index in [1.165, 1.54) is 0 Å². The number of carbonyl (C=O) groups excluding carboxylic acids is 1. The molecule has 0 saturated heterocycles. The summed E-state index contributed by atoms with van der Waals surface area (Å²) in [6.45, 7) is 1.90. The number of benzene rings is 1. The third-order valence-electron chi connectivity index (χ3n) is 4.02. The van der Waals surface area contributed by atoms with E-state index in [9.17, 15) is 4.79 Å². The molecule has 0 aliphatic carbocycles. The van der Waals surface area contributed by atoms with E-state index in [0.717, 1.165) is 17.2 Å². The highest BCUT2D eigenvalue weighted by Gasteiger charge is 2.12. The Labute approximate surface area is 160 Å². The first-order valence-electron chi connectivity index (χ1n) is 8.59. The molecule has 0 bridgehead atoms. The highest BCUT2D eigenvalue weighted by Crippen LogP contribution is 2.20. The third-order valence-corrected chi connectivity index (χ3v) is 4.02. The number of rotatable bonds is 4. The van der Waals surface area contributed by atoms with E-state index in [0.29, 0.717) is 17.2 Å². The van der Waals surface area contributed by atoms with Gasteiger partial charge in [-0.1, -0.05) is 11.3 Å². The van der Waals surface area contributed by atoms with Crippen molar-refractivity contribution in [2.24, 2.45) is 0 Å². The summed E-state index contributed by atoms with van der Waals surface area (Å²) in [7, 11) is 3.82. The molecule has 4 rings (SSSR count). The Balaban J connectivity index is 1.55. The predicted molar refractivity (Wildman–Crippen MR) is 106 cm³/mol. The molecule has 2 amide bonds. The van der Waals surface area contributed by atoms with Crippen molar-refractivity contribution in [1.82, 2.24) is 29.6 Å². The molecule has 2 N–H and O–H groups in total. The fourth-order valence-corrected chi connectivity index (χ4v) is 2.81. The number of nitrogens with one attached hydrogen (secondary N) is 2. The number of hydrogen-bond acceptors (Lipinski definition) is 6. The zero-order chi connectivity index (χ0) is 19.7. The average Bonchev–Trinajstić information content (AvgIpc) is 3.29. The molecule has 0 aliphatic rings. The predicted octanol–water partition coefficient (Wildman–Crippen LogP) is 2.33. The van der Waals surface area contributed by atoms with Gasteiger partial charge in [0.15, 0.2) is 5.65 Å². The minimum absolute atomic E-state index is 0.395. The number of anilines is 3. The van der Waals surface area contributed by atoms with E-state index >= 15 is 0 Å². The maximum absolute atomic E-state index is 12.5. The molecule has 142 valence electrons. The smallest absolute Gasteiger partial charge is 0.324 e. The number of aryl methyl sites for hydroxylation is 1. The second-order valence-corrected chi connectivity index (χ2v) is 6.43. The molecule has 3 heterocycles. The number of fused-ring (bicyclic) bond motifs is 1. The Morgan fingerprint density at radius 2 is 2.00 bits per heavy atom. The van der Waals surface area contributed by atoms with Crippen LogP contribution in [0.1, 0.15) is 5.69 Å². The number of carbonyl (C=O) groups is 1. The van der Waals surface area contributed by atoms with E-state index < -0.39 is 6.03 Å². The average molecular weight is 377 g/mol. The van der Waals surface area contributed by atoms with Gasteiger partial charge in [-0.3, -0.25) is 5.32 Å². The van der Waals surface area contributed by atoms with Gasteiger partial charge in [-0.05, 0) is 25.1 Å². The molecule has 0 radical (unpaired) electrons. The molecule has 0 atom stereocenters. The lowest BCUT2D eigenvalue weighted by atomic mass is 10.3. The fraction of sp³-hybridized carbons (Fsp3) is 0.167. The summed E-state index contributed by atoms with van der Waals surface area (Å²) in [5, 5.41) is 17.7. The quantitative estimate of drug-likeness (QED) is 0.565. The van der Waals surface area contributed by atoms with E-state index in [2.05, 4.69) is 31.0 Å². The number of hydrogen-bond donors (Lipinski definition) is 2. The zero-order valence-corrected chi connectivity index (χ0v) is 15.7. The summed E-state index contributed by atoms with van der Waals surface area (Å²) >= 11 is 0. The second kappa shape index (κ2) is 6.99. The molecular weight excluding hydrogens is 358 g/mol. The van der Waals surface area contributed by atoms with Gasteiger partial charge in [-0.2, -0.15) is 9.61 Å². The lowest BCUT2D eigenvalue weighted by Gasteiger charge is -2.15. The Kier molecular flexibility index (Phi) is 4.36. The molecule has 1 aromatic carbocycles. The number of aromatic nitrogens is 6. The molecule has 0 aliphatic heterocycles. The highest BCUT2D eigenvalue weighted by molar-refractivity contribution is 5.99. The van der Waals surface area contributed by atoms with Crippen LogP contribution in [0.4, 0.5) is 22.1 Å². The summed E-state index contributed by atoms with van der Waals surface area (Å²) in [5.74, 6) is 1.24. The van der Waals surface area contributed by atoms with Gasteiger partial charge in [-0.25, -0.2) is 14.5 Å². The monoisotopic (exact) mass is 377 g/mol. The molecular formula is C18H19N9O. The van der Waals surface area contributed by atoms with Crippen LogP contribution in [0.2, 0.25) is 0 Å². The van der Waals surface area contributed by atoms with Crippen molar-refractivity contribution in [3.8, 4) is 5.69 Å². The first-order valence-corrected chi connectivity index (χ1v) is 8.59. The van der Waals surface area contributed by atoms with Crippen LogP contribution in [0.25, 0.3) is 11.3 Å². The molecule has 10 heteroatoms. The molecule has 4 aromatic rings. The maximum atomic E-state index is 12.5. The first-order chi connectivity index (χ1) is 13.5. The van der Waals surface area contributed by atoms with Gasteiger partial charge in [0.1, 0.15) is 11.6 Å². The van der Waals surface area contributed by atoms with Gasteiger partial charge in [0, 0.05) is 31.9 Å². The fourth-order valence-electron chi connectivity index (χ4n) is 2.81. The van der Waals surface area contributed by atoms with Crippen LogP contribution in [0.15, 0.2) is 48.8 Å². The number of nitrogens with zero attached hydrogens (tertiary/aromatic N) is 7. The van der Waals surface area contributed by atoms with Crippen molar-refractivity contribution in [1.29, 1.82) is 0 Å². The molecule has 0 spiro atoms. The summed E-state index contributed by atoms with van der Waals surface area (Å²) in [4.78, 5) is 18.8. The van der Waals surface area contributed by atoms with Gasteiger partial charge in [0.25, 0.3) is 0 Å². The summed E-state index contributed by atoms with van der Waals surface area (Å²) in [5.41, 5.74) is 2.92. The van der Waals surface area contributed by atoms with E-state index in [4.69, 9.17) is 0 Å². The first kappa shape index (κ1) is 17.5. The highest BCUT2D eigenvalue weighted by atomic mass is 16.2. The van der Waals surface area contributed by atoms with Crippen molar-refractivity contribution in [3.63, 3.8) is 0 Å². The van der Waals surface area contributed by atoms with Crippen molar-refractivity contribution >= 4 is 29.0 Å². The summed E-state index contributed by atoms with van der Waals surface area (Å²) < 4.78 is 3.35. The van der Waals surface area contributed by atoms with Crippen LogP contribution >= 0.6 is 0 Å². The molecule has 0 fully saturated rings. The van der Waals surface area contributed by atoms with Crippen molar-refractivity contribution in [2.75, 3.05) is 29.6 Å². The Morgan fingerprint density at radius 1 is 1.14 bits per heavy atom. The molecule has 3 aromatic heterocycles. The van der Waals surface area contributed by atoms with Crippen LogP contribution in [0.3, 0.4) is 0 Å². The third kappa shape index (κ3) is 3.47. The van der Waals surface area contributed by atoms with Crippen molar-refractivity contribution in [2.45, 2.75) is 6.92 Å². The van der Waals surface area contributed by atoms with Crippen molar-refractivity contribution in [3.05, 3.63) is 54.5 Å². The molecule has 28 heavy (non-hydrogen) atoms. The Hall–Kier alpha value is -3.95. The Morgan fingerprint density at radius 3 is 2.75 bits per heavy atom. The maximum Gasteiger partial charge on any atom is 0.324 e. The normalized spacial score (nSPS) is 10.8. The van der Waals surface area contributed by atoms with Gasteiger partial charge in [0.2, 0.25) is 0 Å². The molecule has 10 nitrogen and oxygen atoms in total. The van der Waals surface area contributed by atoms with E-state index in [1.807, 2.05) is 44.1 Å². The van der Waals surface area contributed by atoms with E-state index in [-0.39, 0.29) is 0 Å². The largest absolute Gasteiger partial charge is 0.363 e. The van der Waals surface area contributed by atoms with Gasteiger partial charge >= 0.3 is 6.03 Å². The standard InChI is InChI=1S/C18H19N9O/c1-12-9-16-21-15(11-17(25(2)3)27(16)23-12)22-18(28)20-13-5-4-6-14(10-13)26-8-7-19-24-26/h4-11H,1-3H3,(H2,20,21,22,28). The second-order valence-electron chi connectivity index (χ2n) is 6.43. The number of urea groups is 1. The lowest BCUT2D eigenvalue weighted by Crippen LogP contribution is -2.21. The lowest BCUT2D eigenvalue weighted by molar-refractivity contribution is 0.262. The van der Waals surface area contributed by atoms with Crippen LogP contribution < -0.4 is 15.5 Å². The van der Waals surface area contributed by atoms with Crippen LogP contribution in [0.5, 0.6) is 0 Å². The number of amides is 2. The minimum Gasteiger partial charge on any atom is -0.363 e. The van der Waals surface area contributed by atoms with Crippen molar-refractivity contribution < 1.29 is 4.79 Å². The van der Waals surface area contributed by atoms with Crippen LogP contribution in [-0.4, -0.2) is 49.7 Å². The minimum atomic E-state index is -0.395. The van der Waals surface area contributed by atoms with Gasteiger partial charge in [-0.15, -0.1) is 5.10 Å². The van der Waals surface area contributed by atoms with E-state index in [1.54, 1.807) is 39.8 Å². The molecule has 0 saturated carbocycles. The zero-order valence-electron chi connectivity index (χ0n) is 15.7. The SMILES string of the molecule is Cc1cc2nc(NC(=O)Nc3cccc(-n4ccnn4)c3)cc(N(C)C)n2n1.